The minimum Gasteiger partial charge on any atom is -0.379 e. The average Bonchev–Trinajstić information content (AvgIpc) is 2.77. The highest BCUT2D eigenvalue weighted by atomic mass is 127. The van der Waals surface area contributed by atoms with Crippen LogP contribution in [0.3, 0.4) is 0 Å². The SMILES string of the molecule is CNC(=O)c1cccc(CCNC(=NCC(=O)N(C)C)NCCN2CCOCC2)c1.I. The number of ether oxygens (including phenoxy) is 1. The predicted octanol–water partition coefficient (Wildman–Crippen LogP) is 0.162. The summed E-state index contributed by atoms with van der Waals surface area (Å²) in [5, 5.41) is 9.23. The van der Waals surface area contributed by atoms with E-state index in [0.29, 0.717) is 18.1 Å². The molecule has 9 nitrogen and oxygen atoms in total. The van der Waals surface area contributed by atoms with E-state index < -0.39 is 0 Å². The van der Waals surface area contributed by atoms with Gasteiger partial charge in [0.05, 0.1) is 13.2 Å². The molecule has 1 fully saturated rings. The molecule has 3 N–H and O–H groups in total. The van der Waals surface area contributed by atoms with Crippen LogP contribution in [0.15, 0.2) is 29.3 Å². The Labute approximate surface area is 202 Å². The number of benzene rings is 1. The highest BCUT2D eigenvalue weighted by molar-refractivity contribution is 14.0. The lowest BCUT2D eigenvalue weighted by atomic mass is 10.1. The molecule has 1 aliphatic heterocycles. The van der Waals surface area contributed by atoms with Gasteiger partial charge in [-0.2, -0.15) is 0 Å². The van der Waals surface area contributed by atoms with E-state index in [4.69, 9.17) is 4.74 Å². The van der Waals surface area contributed by atoms with Crippen LogP contribution >= 0.6 is 24.0 Å². The molecule has 31 heavy (non-hydrogen) atoms. The highest BCUT2D eigenvalue weighted by Crippen LogP contribution is 2.05. The van der Waals surface area contributed by atoms with Gasteiger partial charge in [0.15, 0.2) is 5.96 Å². The highest BCUT2D eigenvalue weighted by Gasteiger charge is 2.10. The fourth-order valence-electron chi connectivity index (χ4n) is 2.96. The Kier molecular flexibility index (Phi) is 13.1. The first-order chi connectivity index (χ1) is 14.5. The molecule has 2 rings (SSSR count). The first-order valence-electron chi connectivity index (χ1n) is 10.3. The second-order valence-electron chi connectivity index (χ2n) is 7.29. The molecule has 0 aromatic heterocycles. The smallest absolute Gasteiger partial charge is 0.251 e. The van der Waals surface area contributed by atoms with Crippen LogP contribution in [0.4, 0.5) is 0 Å². The fraction of sp³-hybridized carbons (Fsp3) is 0.571. The van der Waals surface area contributed by atoms with E-state index >= 15 is 0 Å². The first-order valence-corrected chi connectivity index (χ1v) is 10.3. The second-order valence-corrected chi connectivity index (χ2v) is 7.29. The van der Waals surface area contributed by atoms with Gasteiger partial charge in [-0.1, -0.05) is 12.1 Å². The van der Waals surface area contributed by atoms with E-state index in [1.807, 2.05) is 18.2 Å². The first kappa shape index (κ1) is 27.1. The Morgan fingerprint density at radius 3 is 2.55 bits per heavy atom. The Morgan fingerprint density at radius 2 is 1.87 bits per heavy atom. The Hall–Kier alpha value is -1.92. The van der Waals surface area contributed by atoms with Gasteiger partial charge in [0.25, 0.3) is 5.91 Å². The van der Waals surface area contributed by atoms with Gasteiger partial charge in [0.2, 0.25) is 5.91 Å². The Morgan fingerprint density at radius 1 is 1.16 bits per heavy atom. The van der Waals surface area contributed by atoms with Gasteiger partial charge in [0.1, 0.15) is 6.54 Å². The largest absolute Gasteiger partial charge is 0.379 e. The number of nitrogens with one attached hydrogen (secondary N) is 3. The molecule has 1 aliphatic rings. The van der Waals surface area contributed by atoms with Crippen molar-refractivity contribution in [2.24, 2.45) is 4.99 Å². The van der Waals surface area contributed by atoms with Crippen molar-refractivity contribution in [2.45, 2.75) is 6.42 Å². The molecule has 174 valence electrons. The number of hydrogen-bond acceptors (Lipinski definition) is 5. The molecule has 0 atom stereocenters. The Balaban J connectivity index is 0.00000480. The van der Waals surface area contributed by atoms with E-state index in [1.165, 1.54) is 4.90 Å². The molecular weight excluding hydrogens is 511 g/mol. The molecule has 10 heteroatoms. The average molecular weight is 546 g/mol. The monoisotopic (exact) mass is 546 g/mol. The van der Waals surface area contributed by atoms with Crippen molar-refractivity contribution in [1.82, 2.24) is 25.8 Å². The van der Waals surface area contributed by atoms with E-state index in [0.717, 1.165) is 51.4 Å². The number of guanidine groups is 1. The number of hydrogen-bond donors (Lipinski definition) is 3. The van der Waals surface area contributed by atoms with E-state index in [2.05, 4.69) is 25.8 Å². The van der Waals surface area contributed by atoms with E-state index in [-0.39, 0.29) is 42.3 Å². The lowest BCUT2D eigenvalue weighted by Crippen LogP contribution is -2.45. The third kappa shape index (κ3) is 10.3. The predicted molar refractivity (Wildman–Crippen MR) is 133 cm³/mol. The third-order valence-corrected chi connectivity index (χ3v) is 4.82. The van der Waals surface area contributed by atoms with Gasteiger partial charge in [-0.15, -0.1) is 24.0 Å². The van der Waals surface area contributed by atoms with Gasteiger partial charge in [0, 0.05) is 59.4 Å². The fourth-order valence-corrected chi connectivity index (χ4v) is 2.96. The molecule has 0 unspecified atom stereocenters. The summed E-state index contributed by atoms with van der Waals surface area (Å²) in [7, 11) is 5.06. The molecule has 1 aromatic rings. The molecule has 0 radical (unpaired) electrons. The van der Waals surface area contributed by atoms with Crippen LogP contribution in [-0.4, -0.2) is 101 Å². The summed E-state index contributed by atoms with van der Waals surface area (Å²) in [6.07, 6.45) is 0.733. The summed E-state index contributed by atoms with van der Waals surface area (Å²) in [4.78, 5) is 32.0. The van der Waals surface area contributed by atoms with Crippen molar-refractivity contribution >= 4 is 41.8 Å². The molecule has 0 aliphatic carbocycles. The molecule has 1 heterocycles. The van der Waals surface area contributed by atoms with Crippen molar-refractivity contribution in [3.63, 3.8) is 0 Å². The zero-order valence-corrected chi connectivity index (χ0v) is 21.0. The normalized spacial score (nSPS) is 14.4. The molecule has 1 aromatic carbocycles. The molecule has 1 saturated heterocycles. The number of carbonyl (C=O) groups excluding carboxylic acids is 2. The van der Waals surface area contributed by atoms with Gasteiger partial charge in [-0.3, -0.25) is 14.5 Å². The zero-order chi connectivity index (χ0) is 21.8. The summed E-state index contributed by atoms with van der Waals surface area (Å²) in [6, 6.07) is 7.55. The molecule has 0 spiro atoms. The van der Waals surface area contributed by atoms with Crippen LogP contribution in [0.1, 0.15) is 15.9 Å². The maximum Gasteiger partial charge on any atom is 0.251 e. The number of nitrogens with zero attached hydrogens (tertiary/aromatic N) is 3. The maximum absolute atomic E-state index is 11.9. The number of likely N-dealkylation sites (N-methyl/N-ethyl adjacent to an activating group) is 1. The number of rotatable bonds is 9. The number of carbonyl (C=O) groups is 2. The lowest BCUT2D eigenvalue weighted by Gasteiger charge is -2.26. The van der Waals surface area contributed by atoms with Crippen LogP contribution in [0, 0.1) is 0 Å². The van der Waals surface area contributed by atoms with Crippen LogP contribution in [-0.2, 0) is 16.0 Å². The standard InChI is InChI=1S/C21H34N6O3.HI/c1-22-20(29)18-6-4-5-17(15-18)7-8-23-21(25-16-19(28)26(2)3)24-9-10-27-11-13-30-14-12-27;/h4-6,15H,7-14,16H2,1-3H3,(H,22,29)(H2,23,24,25);1H. The van der Waals surface area contributed by atoms with Crippen molar-refractivity contribution in [3.05, 3.63) is 35.4 Å². The van der Waals surface area contributed by atoms with Crippen LogP contribution in [0.25, 0.3) is 0 Å². The quantitative estimate of drug-likeness (QED) is 0.232. The van der Waals surface area contributed by atoms with Crippen molar-refractivity contribution < 1.29 is 14.3 Å². The van der Waals surface area contributed by atoms with Gasteiger partial charge in [-0.25, -0.2) is 4.99 Å². The minimum absolute atomic E-state index is 0. The van der Waals surface area contributed by atoms with Gasteiger partial charge < -0.3 is 25.6 Å². The van der Waals surface area contributed by atoms with Crippen LogP contribution < -0.4 is 16.0 Å². The summed E-state index contributed by atoms with van der Waals surface area (Å²) >= 11 is 0. The summed E-state index contributed by atoms with van der Waals surface area (Å²) in [6.45, 7) is 5.75. The van der Waals surface area contributed by atoms with Crippen LogP contribution in [0.2, 0.25) is 0 Å². The molecule has 2 amide bonds. The summed E-state index contributed by atoms with van der Waals surface area (Å²) in [5.74, 6) is 0.461. The summed E-state index contributed by atoms with van der Waals surface area (Å²) < 4.78 is 5.37. The summed E-state index contributed by atoms with van der Waals surface area (Å²) in [5.41, 5.74) is 1.70. The minimum atomic E-state index is -0.0981. The topological polar surface area (TPSA) is 98.3 Å². The molecule has 0 saturated carbocycles. The van der Waals surface area contributed by atoms with Gasteiger partial charge >= 0.3 is 0 Å². The number of amides is 2. The third-order valence-electron chi connectivity index (χ3n) is 4.82. The van der Waals surface area contributed by atoms with Crippen molar-refractivity contribution in [3.8, 4) is 0 Å². The van der Waals surface area contributed by atoms with E-state index in [9.17, 15) is 9.59 Å². The Bertz CT molecular complexity index is 723. The van der Waals surface area contributed by atoms with E-state index in [1.54, 1.807) is 27.2 Å². The van der Waals surface area contributed by atoms with Crippen molar-refractivity contribution in [1.29, 1.82) is 0 Å². The number of aliphatic imine (C=N–C) groups is 1. The number of halogens is 1. The zero-order valence-electron chi connectivity index (χ0n) is 18.6. The van der Waals surface area contributed by atoms with Crippen LogP contribution in [0.5, 0.6) is 0 Å². The maximum atomic E-state index is 11.9. The molecule has 0 bridgehead atoms. The molecular formula is C21H35IN6O3. The number of morpholine rings is 1. The van der Waals surface area contributed by atoms with Gasteiger partial charge in [-0.05, 0) is 24.1 Å². The lowest BCUT2D eigenvalue weighted by molar-refractivity contribution is -0.127. The van der Waals surface area contributed by atoms with Crippen molar-refractivity contribution in [2.75, 3.05) is 73.6 Å². The second kappa shape index (κ2) is 15.0.